The van der Waals surface area contributed by atoms with Crippen molar-refractivity contribution in [1.29, 1.82) is 0 Å². The molecule has 2 aliphatic rings. The molecule has 0 fully saturated rings. The van der Waals surface area contributed by atoms with E-state index in [9.17, 15) is 0 Å². The summed E-state index contributed by atoms with van der Waals surface area (Å²) in [6.07, 6.45) is 5.99. The number of hydrogen-bond acceptors (Lipinski definition) is 0. The first kappa shape index (κ1) is 42.8. The van der Waals surface area contributed by atoms with Gasteiger partial charge in [-0.25, -0.2) is 0 Å². The molecule has 0 spiro atoms. The second-order valence-corrected chi connectivity index (χ2v) is 18.7. The van der Waals surface area contributed by atoms with Crippen molar-refractivity contribution in [2.45, 2.75) is 112 Å². The Bertz CT molecular complexity index is 2130. The maximum Gasteiger partial charge on any atom is 0.0771 e. The van der Waals surface area contributed by atoms with E-state index in [0.717, 1.165) is 16.8 Å². The third-order valence-electron chi connectivity index (χ3n) is 14.8. The van der Waals surface area contributed by atoms with Crippen LogP contribution in [0.3, 0.4) is 0 Å². The standard InChI is InChI=1S/C22H28N.C16H23.C13H13N.Ir/c1-15-13-17-18(21(4,5)22(6,7)20(17,2)3)14-16(15)19-11-9-10-12-23(19)8;1-11-8-9-12-13(10-11)15(4,5)16(6,7)14(12,2)3;1-11-8-9-14(2)10-13(11)12-6-4-3-5-7-12;/h9-14H,1,8H2,2-7H3;8-10H,1H2,2-7H3;3-10H,2H2,1H3;/q2*-1;;. The van der Waals surface area contributed by atoms with Gasteiger partial charge in [-0.2, -0.15) is 43.2 Å². The number of aryl methyl sites for hydroxylation is 1. The van der Waals surface area contributed by atoms with Gasteiger partial charge in [-0.15, -0.1) is 17.7 Å². The summed E-state index contributed by atoms with van der Waals surface area (Å²) in [5.41, 5.74) is 15.2. The number of rotatable bonds is 2. The van der Waals surface area contributed by atoms with E-state index in [-0.39, 0.29) is 52.6 Å². The smallest absolute Gasteiger partial charge is 0.0771 e. The van der Waals surface area contributed by atoms with Gasteiger partial charge in [0.1, 0.15) is 0 Å². The average Bonchev–Trinajstić information content (AvgIpc) is 3.26. The molecule has 54 heavy (non-hydrogen) atoms. The van der Waals surface area contributed by atoms with Crippen molar-refractivity contribution in [1.82, 2.24) is 0 Å². The average molecular weight is 897 g/mol. The molecule has 2 heterocycles. The summed E-state index contributed by atoms with van der Waals surface area (Å²) in [7, 11) is 7.98. The van der Waals surface area contributed by atoms with Crippen LogP contribution in [0.5, 0.6) is 0 Å². The Morgan fingerprint density at radius 3 is 1.56 bits per heavy atom. The molecule has 2 aliphatic carbocycles. The molecule has 0 aliphatic heterocycles. The van der Waals surface area contributed by atoms with E-state index in [1.165, 1.54) is 44.5 Å². The molecular formula is C51H64IrN2-2. The fraction of sp³-hybridized carbons (Fsp3) is 0.373. The number of pyridine rings is 2. The molecular weight excluding hydrogens is 833 g/mol. The first-order valence-corrected chi connectivity index (χ1v) is 19.1. The predicted molar refractivity (Wildman–Crippen MR) is 225 cm³/mol. The largest absolute Gasteiger partial charge is 0.343 e. The zero-order valence-corrected chi connectivity index (χ0v) is 37.8. The van der Waals surface area contributed by atoms with Gasteiger partial charge in [0.25, 0.3) is 0 Å². The molecule has 0 saturated carbocycles. The van der Waals surface area contributed by atoms with E-state index < -0.39 is 0 Å². The van der Waals surface area contributed by atoms with Crippen molar-refractivity contribution in [2.75, 3.05) is 0 Å². The number of benzene rings is 3. The first-order valence-electron chi connectivity index (χ1n) is 19.1. The van der Waals surface area contributed by atoms with Crippen LogP contribution in [0.1, 0.15) is 122 Å². The molecule has 0 amide bonds. The Balaban J connectivity index is 0.000000186. The van der Waals surface area contributed by atoms with Crippen LogP contribution in [0.25, 0.3) is 22.4 Å². The molecule has 0 saturated heterocycles. The van der Waals surface area contributed by atoms with Crippen molar-refractivity contribution in [3.8, 4) is 22.4 Å². The van der Waals surface area contributed by atoms with E-state index in [0.29, 0.717) is 0 Å². The summed E-state index contributed by atoms with van der Waals surface area (Å²) in [6, 6.07) is 29.9. The number of hydrogen-bond donors (Lipinski definition) is 0. The Hall–Kier alpha value is -3.91. The molecule has 3 heteroatoms. The van der Waals surface area contributed by atoms with Gasteiger partial charge in [0.05, 0.1) is 24.3 Å². The monoisotopic (exact) mass is 897 g/mol. The predicted octanol–water partition coefficient (Wildman–Crippen LogP) is 12.1. The number of aromatic nitrogens is 2. The molecule has 0 unspecified atom stereocenters. The summed E-state index contributed by atoms with van der Waals surface area (Å²) >= 11 is 0. The third kappa shape index (κ3) is 6.81. The second kappa shape index (κ2) is 14.6. The maximum atomic E-state index is 4.34. The molecule has 3 aromatic carbocycles. The molecule has 0 N–H and O–H groups in total. The summed E-state index contributed by atoms with van der Waals surface area (Å²) in [4.78, 5) is 0. The van der Waals surface area contributed by atoms with Gasteiger partial charge in [0.2, 0.25) is 0 Å². The molecule has 0 bridgehead atoms. The van der Waals surface area contributed by atoms with Crippen LogP contribution >= 0.6 is 0 Å². The molecule has 2 aromatic heterocycles. The van der Waals surface area contributed by atoms with Gasteiger partial charge in [0.15, 0.2) is 0 Å². The van der Waals surface area contributed by atoms with Gasteiger partial charge in [-0.1, -0.05) is 165 Å². The van der Waals surface area contributed by atoms with Crippen LogP contribution in [0, 0.1) is 45.7 Å². The SMILES string of the molecule is [CH2-][n+]1ccc(C)c(-c2ccccc2)c1.[CH2-]c1cc2c(cc1-c1cccc[n+]1[CH2-])C(C)(C)C(C)(C)C2(C)C.[CH2-]c1ccc2c(c1)C(C)(C)C(C)(C)C2(C)C.[Ir]. The van der Waals surface area contributed by atoms with Gasteiger partial charge in [-0.3, -0.25) is 0 Å². The van der Waals surface area contributed by atoms with E-state index >= 15 is 0 Å². The molecule has 0 atom stereocenters. The van der Waals surface area contributed by atoms with Gasteiger partial charge in [-0.05, 0) is 50.5 Å². The summed E-state index contributed by atoms with van der Waals surface area (Å²) < 4.78 is 3.75. The minimum absolute atomic E-state index is 0. The molecule has 2 nitrogen and oxygen atoms in total. The van der Waals surface area contributed by atoms with Crippen molar-refractivity contribution >= 4 is 0 Å². The van der Waals surface area contributed by atoms with Crippen LogP contribution in [0.15, 0.2) is 104 Å². The summed E-state index contributed by atoms with van der Waals surface area (Å²) in [5.74, 6) is 0. The second-order valence-electron chi connectivity index (χ2n) is 18.7. The van der Waals surface area contributed by atoms with Crippen LogP contribution in [-0.2, 0) is 41.8 Å². The number of fused-ring (bicyclic) bond motifs is 2. The van der Waals surface area contributed by atoms with Crippen LogP contribution in [0.4, 0.5) is 0 Å². The van der Waals surface area contributed by atoms with Crippen molar-refractivity contribution in [3.05, 3.63) is 170 Å². The Labute approximate surface area is 342 Å². The minimum atomic E-state index is 0. The Morgan fingerprint density at radius 2 is 1.00 bits per heavy atom. The van der Waals surface area contributed by atoms with Crippen LogP contribution in [-0.4, -0.2) is 0 Å². The van der Waals surface area contributed by atoms with Gasteiger partial charge < -0.3 is 9.13 Å². The van der Waals surface area contributed by atoms with Crippen molar-refractivity contribution < 1.29 is 29.2 Å². The molecule has 7 rings (SSSR count). The molecule has 5 aromatic rings. The zero-order chi connectivity index (χ0) is 39.5. The zero-order valence-electron chi connectivity index (χ0n) is 35.4. The third-order valence-corrected chi connectivity index (χ3v) is 14.8. The summed E-state index contributed by atoms with van der Waals surface area (Å²) in [6.45, 7) is 39.0. The first-order chi connectivity index (χ1) is 24.4. The fourth-order valence-electron chi connectivity index (χ4n) is 8.73. The van der Waals surface area contributed by atoms with Crippen LogP contribution < -0.4 is 9.13 Å². The Morgan fingerprint density at radius 1 is 0.500 bits per heavy atom. The topological polar surface area (TPSA) is 7.76 Å². The van der Waals surface area contributed by atoms with E-state index in [1.807, 2.05) is 39.9 Å². The molecule has 289 valence electrons. The van der Waals surface area contributed by atoms with Crippen molar-refractivity contribution in [2.24, 2.45) is 10.8 Å². The minimum Gasteiger partial charge on any atom is -0.343 e. The van der Waals surface area contributed by atoms with Crippen molar-refractivity contribution in [3.63, 3.8) is 0 Å². The van der Waals surface area contributed by atoms with E-state index in [2.05, 4.69) is 191 Å². The number of nitrogens with zero attached hydrogens (tertiary/aromatic N) is 2. The molecule has 1 radical (unpaired) electrons. The maximum absolute atomic E-state index is 4.34. The Kier molecular flexibility index (Phi) is 11.6. The fourth-order valence-corrected chi connectivity index (χ4v) is 8.73. The van der Waals surface area contributed by atoms with Gasteiger partial charge >= 0.3 is 0 Å². The van der Waals surface area contributed by atoms with E-state index in [1.54, 1.807) is 0 Å². The van der Waals surface area contributed by atoms with Crippen LogP contribution in [0.2, 0.25) is 0 Å². The van der Waals surface area contributed by atoms with Gasteiger partial charge in [0, 0.05) is 34.2 Å². The summed E-state index contributed by atoms with van der Waals surface area (Å²) in [5, 5.41) is 0. The van der Waals surface area contributed by atoms with E-state index in [4.69, 9.17) is 0 Å². The normalized spacial score (nSPS) is 18.4. The quantitative estimate of drug-likeness (QED) is 0.123.